The van der Waals surface area contributed by atoms with E-state index in [-0.39, 0.29) is 22.6 Å². The molecule has 4 bridgehead atoms. The standard InChI is InChI=1S/C28H36N4O4/c1-35-25-21(5-3-7-29-25)16-31-23(33)14-27-10-19-9-20(11-27)13-28(12-19,18-27)15-24(34)32-17-22-6-4-8-30-26(22)36-2/h3-8,19-20H,9-18H2,1-2H3,(H,31,33)(H,32,34). The molecule has 0 aromatic carbocycles. The number of amides is 2. The molecule has 0 radical (unpaired) electrons. The second-order valence-corrected chi connectivity index (χ2v) is 11.2. The number of methoxy groups -OCH3 is 2. The van der Waals surface area contributed by atoms with Gasteiger partial charge in [-0.1, -0.05) is 12.1 Å². The van der Waals surface area contributed by atoms with Gasteiger partial charge in [-0.2, -0.15) is 0 Å². The number of carbonyl (C=O) groups excluding carboxylic acids is 2. The van der Waals surface area contributed by atoms with E-state index in [2.05, 4.69) is 20.6 Å². The lowest BCUT2D eigenvalue weighted by Crippen LogP contribution is -2.54. The van der Waals surface area contributed by atoms with Gasteiger partial charge in [-0.05, 0) is 73.3 Å². The summed E-state index contributed by atoms with van der Waals surface area (Å²) in [5.74, 6) is 2.47. The lowest BCUT2D eigenvalue weighted by atomic mass is 9.43. The van der Waals surface area contributed by atoms with Crippen LogP contribution in [-0.2, 0) is 22.7 Å². The van der Waals surface area contributed by atoms with Crippen molar-refractivity contribution in [2.45, 2.75) is 64.5 Å². The van der Waals surface area contributed by atoms with Gasteiger partial charge in [-0.3, -0.25) is 9.59 Å². The second-order valence-electron chi connectivity index (χ2n) is 11.2. The van der Waals surface area contributed by atoms with Gasteiger partial charge in [0.05, 0.1) is 14.2 Å². The summed E-state index contributed by atoms with van der Waals surface area (Å²) >= 11 is 0. The fourth-order valence-electron chi connectivity index (χ4n) is 7.74. The van der Waals surface area contributed by atoms with Crippen LogP contribution in [-0.4, -0.2) is 36.0 Å². The smallest absolute Gasteiger partial charge is 0.220 e. The summed E-state index contributed by atoms with van der Waals surface area (Å²) in [6.45, 7) is 0.814. The van der Waals surface area contributed by atoms with Gasteiger partial charge in [0.25, 0.3) is 0 Å². The molecule has 0 atom stereocenters. The molecular formula is C28H36N4O4. The fourth-order valence-corrected chi connectivity index (χ4v) is 7.74. The second kappa shape index (κ2) is 10.1. The number of rotatable bonds is 10. The number of ether oxygens (including phenoxy) is 2. The van der Waals surface area contributed by atoms with Crippen LogP contribution in [0.25, 0.3) is 0 Å². The van der Waals surface area contributed by atoms with Gasteiger partial charge in [0.15, 0.2) is 0 Å². The van der Waals surface area contributed by atoms with E-state index in [0.29, 0.717) is 49.5 Å². The molecule has 0 unspecified atom stereocenters. The fraction of sp³-hybridized carbons (Fsp3) is 0.571. The molecule has 2 aromatic rings. The molecule has 0 spiro atoms. The number of nitrogens with zero attached hydrogens (tertiary/aromatic N) is 2. The molecule has 8 heteroatoms. The van der Waals surface area contributed by atoms with Crippen LogP contribution in [0.15, 0.2) is 36.7 Å². The minimum Gasteiger partial charge on any atom is -0.481 e. The van der Waals surface area contributed by atoms with Gasteiger partial charge in [-0.15, -0.1) is 0 Å². The summed E-state index contributed by atoms with van der Waals surface area (Å²) in [6, 6.07) is 7.54. The van der Waals surface area contributed by atoms with E-state index < -0.39 is 0 Å². The molecule has 2 aromatic heterocycles. The predicted molar refractivity (Wildman–Crippen MR) is 134 cm³/mol. The third kappa shape index (κ3) is 5.18. The van der Waals surface area contributed by atoms with Crippen molar-refractivity contribution in [1.29, 1.82) is 0 Å². The average molecular weight is 493 g/mol. The highest BCUT2D eigenvalue weighted by Gasteiger charge is 2.58. The lowest BCUT2D eigenvalue weighted by Gasteiger charge is -2.62. The molecule has 4 fully saturated rings. The van der Waals surface area contributed by atoms with Crippen molar-refractivity contribution in [1.82, 2.24) is 20.6 Å². The number of hydrogen-bond donors (Lipinski definition) is 2. The number of aromatic nitrogens is 2. The van der Waals surface area contributed by atoms with Crippen LogP contribution in [0, 0.1) is 22.7 Å². The van der Waals surface area contributed by atoms with Gasteiger partial charge in [0, 0.05) is 49.5 Å². The third-order valence-corrected chi connectivity index (χ3v) is 8.41. The van der Waals surface area contributed by atoms with Crippen LogP contribution in [0.5, 0.6) is 11.8 Å². The van der Waals surface area contributed by atoms with Crippen molar-refractivity contribution in [2.75, 3.05) is 14.2 Å². The van der Waals surface area contributed by atoms with E-state index in [4.69, 9.17) is 9.47 Å². The maximum absolute atomic E-state index is 13.1. The summed E-state index contributed by atoms with van der Waals surface area (Å²) in [5.41, 5.74) is 1.74. The summed E-state index contributed by atoms with van der Waals surface area (Å²) < 4.78 is 10.6. The van der Waals surface area contributed by atoms with Gasteiger partial charge in [0.2, 0.25) is 23.6 Å². The molecule has 4 saturated carbocycles. The van der Waals surface area contributed by atoms with E-state index in [1.54, 1.807) is 26.6 Å². The maximum atomic E-state index is 13.1. The largest absolute Gasteiger partial charge is 0.481 e. The van der Waals surface area contributed by atoms with E-state index in [1.165, 1.54) is 6.42 Å². The van der Waals surface area contributed by atoms with Gasteiger partial charge in [-0.25, -0.2) is 9.97 Å². The SMILES string of the molecule is COc1ncccc1CNC(=O)CC12CC3CC(C1)CC(CC(=O)NCc1cccnc1OC)(C3)C2. The molecule has 8 nitrogen and oxygen atoms in total. The molecule has 6 rings (SSSR count). The summed E-state index contributed by atoms with van der Waals surface area (Å²) in [5, 5.41) is 6.19. The molecule has 36 heavy (non-hydrogen) atoms. The molecule has 2 amide bonds. The Bertz CT molecular complexity index is 1020. The number of nitrogens with one attached hydrogen (secondary N) is 2. The Balaban J connectivity index is 1.21. The lowest BCUT2D eigenvalue weighted by molar-refractivity contribution is -0.146. The molecule has 2 N–H and O–H groups in total. The molecule has 0 saturated heterocycles. The summed E-state index contributed by atoms with van der Waals surface area (Å²) in [4.78, 5) is 34.6. The Morgan fingerprint density at radius 3 is 1.69 bits per heavy atom. The normalized spacial score (nSPS) is 27.9. The van der Waals surface area contributed by atoms with E-state index in [9.17, 15) is 9.59 Å². The van der Waals surface area contributed by atoms with Crippen LogP contribution >= 0.6 is 0 Å². The first-order chi connectivity index (χ1) is 17.4. The van der Waals surface area contributed by atoms with Crippen LogP contribution in [0.2, 0.25) is 0 Å². The molecule has 4 aliphatic rings. The molecular weight excluding hydrogens is 456 g/mol. The Morgan fingerprint density at radius 1 is 0.833 bits per heavy atom. The van der Waals surface area contributed by atoms with E-state index in [0.717, 1.165) is 43.2 Å². The predicted octanol–water partition coefficient (Wildman–Crippen LogP) is 3.79. The van der Waals surface area contributed by atoms with Crippen molar-refractivity contribution in [3.63, 3.8) is 0 Å². The Morgan fingerprint density at radius 2 is 1.28 bits per heavy atom. The Kier molecular flexibility index (Phi) is 6.86. The maximum Gasteiger partial charge on any atom is 0.220 e. The van der Waals surface area contributed by atoms with Gasteiger partial charge in [0.1, 0.15) is 0 Å². The first kappa shape index (κ1) is 24.5. The molecule has 2 heterocycles. The van der Waals surface area contributed by atoms with Crippen molar-refractivity contribution < 1.29 is 19.1 Å². The van der Waals surface area contributed by atoms with Crippen LogP contribution in [0.1, 0.15) is 62.5 Å². The van der Waals surface area contributed by atoms with Crippen molar-refractivity contribution >= 4 is 11.8 Å². The molecule has 192 valence electrons. The summed E-state index contributed by atoms with van der Waals surface area (Å²) in [6.07, 6.45) is 11.0. The van der Waals surface area contributed by atoms with Crippen LogP contribution in [0.4, 0.5) is 0 Å². The monoisotopic (exact) mass is 492 g/mol. The number of hydrogen-bond acceptors (Lipinski definition) is 6. The van der Waals surface area contributed by atoms with Gasteiger partial charge < -0.3 is 20.1 Å². The van der Waals surface area contributed by atoms with Gasteiger partial charge >= 0.3 is 0 Å². The first-order valence-electron chi connectivity index (χ1n) is 12.9. The van der Waals surface area contributed by atoms with Crippen molar-refractivity contribution in [3.05, 3.63) is 47.8 Å². The Hall–Kier alpha value is -3.16. The highest BCUT2D eigenvalue weighted by Crippen LogP contribution is 2.67. The first-order valence-corrected chi connectivity index (χ1v) is 12.9. The van der Waals surface area contributed by atoms with E-state index >= 15 is 0 Å². The highest BCUT2D eigenvalue weighted by molar-refractivity contribution is 5.78. The minimum absolute atomic E-state index is 0.0000408. The topological polar surface area (TPSA) is 102 Å². The average Bonchev–Trinajstić information content (AvgIpc) is 2.85. The quantitative estimate of drug-likeness (QED) is 0.523. The molecule has 0 aliphatic heterocycles. The number of carbonyl (C=O) groups is 2. The zero-order chi connectivity index (χ0) is 25.2. The van der Waals surface area contributed by atoms with Crippen LogP contribution in [0.3, 0.4) is 0 Å². The molecule has 4 aliphatic carbocycles. The third-order valence-electron chi connectivity index (χ3n) is 8.41. The minimum atomic E-state index is 0.0000408. The number of pyridine rings is 2. The van der Waals surface area contributed by atoms with Crippen LogP contribution < -0.4 is 20.1 Å². The van der Waals surface area contributed by atoms with Crippen molar-refractivity contribution in [2.24, 2.45) is 22.7 Å². The van der Waals surface area contributed by atoms with Crippen molar-refractivity contribution in [3.8, 4) is 11.8 Å². The van der Waals surface area contributed by atoms with E-state index in [1.807, 2.05) is 24.3 Å². The zero-order valence-electron chi connectivity index (χ0n) is 21.2. The zero-order valence-corrected chi connectivity index (χ0v) is 21.2. The Labute approximate surface area is 212 Å². The summed E-state index contributed by atoms with van der Waals surface area (Å²) in [7, 11) is 3.18. The highest BCUT2D eigenvalue weighted by atomic mass is 16.5.